The quantitative estimate of drug-likeness (QED) is 0.161. The van der Waals surface area contributed by atoms with E-state index in [1.807, 2.05) is 18.2 Å². The summed E-state index contributed by atoms with van der Waals surface area (Å²) < 4.78 is 0. The third kappa shape index (κ3) is 5.18. The number of nitrogens with zero attached hydrogens (tertiary/aromatic N) is 3. The van der Waals surface area contributed by atoms with Crippen molar-refractivity contribution in [2.24, 2.45) is 0 Å². The number of anilines is 4. The van der Waals surface area contributed by atoms with E-state index in [0.717, 1.165) is 37.2 Å². The lowest BCUT2D eigenvalue weighted by Crippen LogP contribution is -2.19. The van der Waals surface area contributed by atoms with Gasteiger partial charge in [0.05, 0.1) is 11.3 Å². The number of fused-ring (bicyclic) bond motifs is 2. The number of allylic oxidation sites excluding steroid dienone is 4. The Hall–Kier alpha value is -7.15. The Morgan fingerprint density at radius 3 is 2.05 bits per heavy atom. The number of para-hydroxylation sites is 2. The van der Waals surface area contributed by atoms with E-state index in [1.165, 1.54) is 88.0 Å². The summed E-state index contributed by atoms with van der Waals surface area (Å²) in [6.45, 7) is 0.996. The van der Waals surface area contributed by atoms with E-state index >= 15 is 0 Å². The number of nitriles is 1. The SMILES string of the molecule is N#Cc1ccccc1N(C1=CC=C(c2ccc3ccccc3c2)CC1)c1ccc(-c2ccc3ccc4c(N5CCc6ccccc65)ccc5ccc2c3c54)cc1. The molecule has 1 aliphatic heterocycles. The first-order valence-corrected chi connectivity index (χ1v) is 19.6. The third-order valence-electron chi connectivity index (χ3n) is 12.1. The van der Waals surface area contributed by atoms with Crippen molar-refractivity contribution in [1.29, 1.82) is 5.26 Å². The highest BCUT2D eigenvalue weighted by atomic mass is 15.2. The molecule has 3 heteroatoms. The highest BCUT2D eigenvalue weighted by Crippen LogP contribution is 2.46. The van der Waals surface area contributed by atoms with Crippen LogP contribution in [0.1, 0.15) is 29.5 Å². The largest absolute Gasteiger partial charge is 0.340 e. The molecule has 0 fully saturated rings. The Labute approximate surface area is 326 Å². The summed E-state index contributed by atoms with van der Waals surface area (Å²) >= 11 is 0. The smallest absolute Gasteiger partial charge is 0.101 e. The number of hydrogen-bond donors (Lipinski definition) is 0. The predicted molar refractivity (Wildman–Crippen MR) is 235 cm³/mol. The van der Waals surface area contributed by atoms with E-state index in [9.17, 15) is 5.26 Å². The number of rotatable bonds is 6. The first-order valence-electron chi connectivity index (χ1n) is 19.6. The summed E-state index contributed by atoms with van der Waals surface area (Å²) in [4.78, 5) is 4.77. The van der Waals surface area contributed by atoms with Crippen molar-refractivity contribution in [3.63, 3.8) is 0 Å². The van der Waals surface area contributed by atoms with Gasteiger partial charge in [0, 0.05) is 34.7 Å². The lowest BCUT2D eigenvalue weighted by molar-refractivity contribution is 0.929. The van der Waals surface area contributed by atoms with Gasteiger partial charge in [-0.2, -0.15) is 5.26 Å². The lowest BCUT2D eigenvalue weighted by atomic mass is 9.89. The second kappa shape index (κ2) is 13.0. The van der Waals surface area contributed by atoms with Gasteiger partial charge in [-0.1, -0.05) is 127 Å². The van der Waals surface area contributed by atoms with Crippen LogP contribution in [0.3, 0.4) is 0 Å². The maximum atomic E-state index is 10.2. The van der Waals surface area contributed by atoms with Crippen molar-refractivity contribution in [3.8, 4) is 17.2 Å². The van der Waals surface area contributed by atoms with Crippen LogP contribution in [0.25, 0.3) is 59.8 Å². The van der Waals surface area contributed by atoms with Gasteiger partial charge in [0.25, 0.3) is 0 Å². The van der Waals surface area contributed by atoms with E-state index in [0.29, 0.717) is 5.56 Å². The van der Waals surface area contributed by atoms with Gasteiger partial charge in [-0.15, -0.1) is 0 Å². The minimum Gasteiger partial charge on any atom is -0.340 e. The zero-order valence-electron chi connectivity index (χ0n) is 30.9. The maximum absolute atomic E-state index is 10.2. The monoisotopic (exact) mass is 715 g/mol. The van der Waals surface area contributed by atoms with E-state index in [-0.39, 0.29) is 0 Å². The molecule has 264 valence electrons. The van der Waals surface area contributed by atoms with Gasteiger partial charge in [0.2, 0.25) is 0 Å². The van der Waals surface area contributed by atoms with Gasteiger partial charge in [-0.05, 0) is 133 Å². The van der Waals surface area contributed by atoms with Crippen LogP contribution in [0.2, 0.25) is 0 Å². The first kappa shape index (κ1) is 32.3. The molecule has 11 rings (SSSR count). The zero-order valence-corrected chi connectivity index (χ0v) is 30.9. The summed E-state index contributed by atoms with van der Waals surface area (Å²) in [7, 11) is 0. The summed E-state index contributed by atoms with van der Waals surface area (Å²) in [6.07, 6.45) is 7.35. The van der Waals surface area contributed by atoms with Gasteiger partial charge in [-0.3, -0.25) is 0 Å². The van der Waals surface area contributed by atoms with Gasteiger partial charge in [0.1, 0.15) is 6.07 Å². The van der Waals surface area contributed by atoms with Crippen LogP contribution in [-0.2, 0) is 6.42 Å². The van der Waals surface area contributed by atoms with Gasteiger partial charge >= 0.3 is 0 Å². The van der Waals surface area contributed by atoms with E-state index in [4.69, 9.17) is 0 Å². The molecule has 0 aromatic heterocycles. The molecule has 1 aliphatic carbocycles. The molecular formula is C53H37N3. The molecule has 0 N–H and O–H groups in total. The Morgan fingerprint density at radius 2 is 1.21 bits per heavy atom. The van der Waals surface area contributed by atoms with Crippen molar-refractivity contribution >= 4 is 71.4 Å². The van der Waals surface area contributed by atoms with Gasteiger partial charge < -0.3 is 9.80 Å². The van der Waals surface area contributed by atoms with Crippen LogP contribution in [0.4, 0.5) is 22.7 Å². The van der Waals surface area contributed by atoms with Crippen LogP contribution < -0.4 is 9.80 Å². The van der Waals surface area contributed by atoms with Crippen molar-refractivity contribution < 1.29 is 0 Å². The molecule has 0 radical (unpaired) electrons. The maximum Gasteiger partial charge on any atom is 0.101 e. The standard InChI is InChI=1S/C53H37N3/c54-34-43-10-4-6-12-50(43)56(44-23-15-36(16-24-44)42-14-13-35-7-1-2-9-41(35)33-42)45-25-17-37(18-26-45)46-27-19-39-21-29-48-51(55-32-31-38-8-3-5-11-49(38)55)30-22-40-20-28-47(46)52(39)53(40)48/h1-15,17-23,25-30,33H,16,24,31-32H2. The van der Waals surface area contributed by atoms with Crippen LogP contribution in [0.15, 0.2) is 182 Å². The van der Waals surface area contributed by atoms with Crippen LogP contribution >= 0.6 is 0 Å². The Balaban J connectivity index is 0.990. The minimum atomic E-state index is 0.658. The number of benzene rings is 9. The second-order valence-corrected chi connectivity index (χ2v) is 15.1. The molecule has 3 nitrogen and oxygen atoms in total. The molecule has 0 saturated heterocycles. The Kier molecular flexibility index (Phi) is 7.50. The first-order chi connectivity index (χ1) is 27.7. The summed E-state index contributed by atoms with van der Waals surface area (Å²) in [5.74, 6) is 0. The topological polar surface area (TPSA) is 30.3 Å². The minimum absolute atomic E-state index is 0.658. The molecule has 0 atom stereocenters. The average Bonchev–Trinajstić information content (AvgIpc) is 3.70. The predicted octanol–water partition coefficient (Wildman–Crippen LogP) is 13.9. The molecule has 2 aliphatic rings. The van der Waals surface area contributed by atoms with Crippen molar-refractivity contribution in [2.75, 3.05) is 16.3 Å². The molecule has 56 heavy (non-hydrogen) atoms. The van der Waals surface area contributed by atoms with Crippen molar-refractivity contribution in [1.82, 2.24) is 0 Å². The Bertz CT molecular complexity index is 3110. The lowest BCUT2D eigenvalue weighted by Gasteiger charge is -2.30. The summed E-state index contributed by atoms with van der Waals surface area (Å²) in [6, 6.07) is 61.8. The zero-order chi connectivity index (χ0) is 37.2. The van der Waals surface area contributed by atoms with Crippen molar-refractivity contribution in [3.05, 3.63) is 198 Å². The van der Waals surface area contributed by atoms with E-state index < -0.39 is 0 Å². The normalized spacial score (nSPS) is 13.9. The summed E-state index contributed by atoms with van der Waals surface area (Å²) in [5, 5.41) is 20.5. The molecule has 1 heterocycles. The molecule has 0 bridgehead atoms. The molecule has 9 aromatic carbocycles. The average molecular weight is 716 g/mol. The molecule has 0 spiro atoms. The van der Waals surface area contributed by atoms with Crippen LogP contribution in [-0.4, -0.2) is 6.54 Å². The van der Waals surface area contributed by atoms with E-state index in [2.05, 4.69) is 174 Å². The highest BCUT2D eigenvalue weighted by molar-refractivity contribution is 6.27. The van der Waals surface area contributed by atoms with Crippen LogP contribution in [0, 0.1) is 11.3 Å². The molecule has 9 aromatic rings. The second-order valence-electron chi connectivity index (χ2n) is 15.1. The Morgan fingerprint density at radius 1 is 0.518 bits per heavy atom. The molecule has 0 unspecified atom stereocenters. The van der Waals surface area contributed by atoms with Gasteiger partial charge in [-0.25, -0.2) is 0 Å². The van der Waals surface area contributed by atoms with Gasteiger partial charge in [0.15, 0.2) is 0 Å². The highest BCUT2D eigenvalue weighted by Gasteiger charge is 2.24. The third-order valence-corrected chi connectivity index (χ3v) is 12.1. The molecule has 0 saturated carbocycles. The molecular weight excluding hydrogens is 679 g/mol. The fourth-order valence-corrected chi connectivity index (χ4v) is 9.32. The fourth-order valence-electron chi connectivity index (χ4n) is 9.32. The number of hydrogen-bond acceptors (Lipinski definition) is 3. The van der Waals surface area contributed by atoms with Crippen LogP contribution in [0.5, 0.6) is 0 Å². The summed E-state index contributed by atoms with van der Waals surface area (Å²) in [5.41, 5.74) is 12.8. The van der Waals surface area contributed by atoms with Crippen molar-refractivity contribution in [2.45, 2.75) is 19.3 Å². The van der Waals surface area contributed by atoms with E-state index in [1.54, 1.807) is 0 Å². The fraction of sp³-hybridized carbons (Fsp3) is 0.0755. The molecule has 0 amide bonds.